The minimum absolute atomic E-state index is 0.811. The molecule has 2 aliphatic rings. The van der Waals surface area contributed by atoms with E-state index in [0.29, 0.717) is 0 Å². The molecular formula is C9H17NO. The summed E-state index contributed by atoms with van der Waals surface area (Å²) in [6, 6.07) is 0. The predicted octanol–water partition coefficient (Wildman–Crippen LogP) is 1.02. The number of nitrogens with one attached hydrogen (secondary N) is 1. The van der Waals surface area contributed by atoms with Crippen molar-refractivity contribution in [3.8, 4) is 0 Å². The van der Waals surface area contributed by atoms with Gasteiger partial charge in [-0.2, -0.15) is 0 Å². The van der Waals surface area contributed by atoms with E-state index in [2.05, 4.69) is 5.32 Å². The van der Waals surface area contributed by atoms with Crippen LogP contribution in [0.25, 0.3) is 0 Å². The second-order valence-corrected chi connectivity index (χ2v) is 3.73. The van der Waals surface area contributed by atoms with Crippen LogP contribution in [-0.2, 0) is 4.74 Å². The third-order valence-electron chi connectivity index (χ3n) is 2.98. The Bertz CT molecular complexity index is 115. The highest BCUT2D eigenvalue weighted by molar-refractivity contribution is 4.79. The molecule has 2 fully saturated rings. The Labute approximate surface area is 68.3 Å². The molecule has 1 heterocycles. The number of rotatable bonds is 1. The summed E-state index contributed by atoms with van der Waals surface area (Å²) in [6.07, 6.45) is 4.33. The van der Waals surface area contributed by atoms with Gasteiger partial charge in [-0.05, 0) is 11.8 Å². The molecule has 0 aromatic carbocycles. The van der Waals surface area contributed by atoms with Crippen molar-refractivity contribution >= 4 is 0 Å². The van der Waals surface area contributed by atoms with Gasteiger partial charge in [-0.25, -0.2) is 0 Å². The van der Waals surface area contributed by atoms with Gasteiger partial charge >= 0.3 is 0 Å². The molecule has 2 heteroatoms. The Morgan fingerprint density at radius 2 is 2.09 bits per heavy atom. The average Bonchev–Trinajstić information content (AvgIpc) is 2.12. The Hall–Kier alpha value is -0.0800. The van der Waals surface area contributed by atoms with Crippen LogP contribution in [0.2, 0.25) is 0 Å². The van der Waals surface area contributed by atoms with Crippen LogP contribution < -0.4 is 5.32 Å². The van der Waals surface area contributed by atoms with Crippen LogP contribution in [0.3, 0.4) is 0 Å². The minimum atomic E-state index is 0.811. The maximum absolute atomic E-state index is 5.50. The quantitative estimate of drug-likeness (QED) is 0.610. The van der Waals surface area contributed by atoms with Gasteiger partial charge in [-0.15, -0.1) is 0 Å². The fourth-order valence-corrected chi connectivity index (χ4v) is 1.94. The molecule has 1 saturated carbocycles. The molecule has 0 aromatic rings. The lowest BCUT2D eigenvalue weighted by Gasteiger charge is -2.32. The standard InChI is InChI=1S/C9H17NO/c1-2-8(3-1)9-6-10-4-5-11-7-9/h8-10H,1-7H2. The molecule has 1 aliphatic heterocycles. The molecule has 64 valence electrons. The van der Waals surface area contributed by atoms with Gasteiger partial charge in [0.2, 0.25) is 0 Å². The van der Waals surface area contributed by atoms with Gasteiger partial charge in [0.05, 0.1) is 13.2 Å². The molecule has 11 heavy (non-hydrogen) atoms. The van der Waals surface area contributed by atoms with E-state index in [0.717, 1.165) is 31.6 Å². The first-order valence-electron chi connectivity index (χ1n) is 4.75. The van der Waals surface area contributed by atoms with Crippen LogP contribution in [-0.4, -0.2) is 26.3 Å². The molecule has 2 nitrogen and oxygen atoms in total. The lowest BCUT2D eigenvalue weighted by molar-refractivity contribution is 0.0783. The van der Waals surface area contributed by atoms with Crippen molar-refractivity contribution in [2.24, 2.45) is 11.8 Å². The van der Waals surface area contributed by atoms with E-state index in [9.17, 15) is 0 Å². The smallest absolute Gasteiger partial charge is 0.0591 e. The Balaban J connectivity index is 1.80. The molecule has 1 atom stereocenters. The van der Waals surface area contributed by atoms with Crippen LogP contribution in [0.15, 0.2) is 0 Å². The van der Waals surface area contributed by atoms with E-state index in [-0.39, 0.29) is 0 Å². The second-order valence-electron chi connectivity index (χ2n) is 3.73. The number of hydrogen-bond acceptors (Lipinski definition) is 2. The molecule has 0 amide bonds. The Kier molecular flexibility index (Phi) is 2.44. The average molecular weight is 155 g/mol. The van der Waals surface area contributed by atoms with Gasteiger partial charge in [-0.1, -0.05) is 19.3 Å². The molecule has 1 unspecified atom stereocenters. The molecule has 0 radical (unpaired) electrons. The van der Waals surface area contributed by atoms with Crippen LogP contribution >= 0.6 is 0 Å². The molecule has 0 bridgehead atoms. The Morgan fingerprint density at radius 3 is 2.82 bits per heavy atom. The van der Waals surface area contributed by atoms with Crippen molar-refractivity contribution in [1.29, 1.82) is 0 Å². The zero-order chi connectivity index (χ0) is 7.52. The zero-order valence-corrected chi connectivity index (χ0v) is 7.01. The lowest BCUT2D eigenvalue weighted by atomic mass is 9.76. The van der Waals surface area contributed by atoms with Gasteiger partial charge in [0.25, 0.3) is 0 Å². The minimum Gasteiger partial charge on any atom is -0.380 e. The van der Waals surface area contributed by atoms with Gasteiger partial charge in [0.15, 0.2) is 0 Å². The summed E-state index contributed by atoms with van der Waals surface area (Å²) in [6.45, 7) is 4.13. The highest BCUT2D eigenvalue weighted by Gasteiger charge is 2.27. The summed E-state index contributed by atoms with van der Waals surface area (Å²) >= 11 is 0. The topological polar surface area (TPSA) is 21.3 Å². The SMILES string of the molecule is C1CC(C2CNCCOC2)C1. The molecule has 1 N–H and O–H groups in total. The predicted molar refractivity (Wildman–Crippen MR) is 44.5 cm³/mol. The number of hydrogen-bond donors (Lipinski definition) is 1. The van der Waals surface area contributed by atoms with Crippen molar-refractivity contribution in [3.05, 3.63) is 0 Å². The Morgan fingerprint density at radius 1 is 1.18 bits per heavy atom. The summed E-state index contributed by atoms with van der Waals surface area (Å²) in [4.78, 5) is 0. The fraction of sp³-hybridized carbons (Fsp3) is 1.00. The van der Waals surface area contributed by atoms with Crippen molar-refractivity contribution in [2.75, 3.05) is 26.3 Å². The van der Waals surface area contributed by atoms with Crippen LogP contribution in [0.4, 0.5) is 0 Å². The summed E-state index contributed by atoms with van der Waals surface area (Å²) in [5.74, 6) is 1.78. The van der Waals surface area contributed by atoms with Crippen LogP contribution in [0.1, 0.15) is 19.3 Å². The highest BCUT2D eigenvalue weighted by atomic mass is 16.5. The third kappa shape index (κ3) is 1.74. The maximum atomic E-state index is 5.50. The van der Waals surface area contributed by atoms with E-state index >= 15 is 0 Å². The molecule has 1 aliphatic carbocycles. The monoisotopic (exact) mass is 155 g/mol. The largest absolute Gasteiger partial charge is 0.380 e. The maximum Gasteiger partial charge on any atom is 0.0591 e. The summed E-state index contributed by atoms with van der Waals surface area (Å²) in [5, 5.41) is 3.42. The van der Waals surface area contributed by atoms with Gasteiger partial charge in [0, 0.05) is 13.1 Å². The van der Waals surface area contributed by atoms with Crippen molar-refractivity contribution in [3.63, 3.8) is 0 Å². The summed E-state index contributed by atoms with van der Waals surface area (Å²) < 4.78 is 5.50. The summed E-state index contributed by atoms with van der Waals surface area (Å²) in [7, 11) is 0. The molecule has 1 saturated heterocycles. The van der Waals surface area contributed by atoms with Gasteiger partial charge < -0.3 is 10.1 Å². The fourth-order valence-electron chi connectivity index (χ4n) is 1.94. The van der Waals surface area contributed by atoms with Crippen molar-refractivity contribution in [2.45, 2.75) is 19.3 Å². The van der Waals surface area contributed by atoms with Crippen LogP contribution in [0, 0.1) is 11.8 Å². The summed E-state index contributed by atoms with van der Waals surface area (Å²) in [5.41, 5.74) is 0. The first-order chi connectivity index (χ1) is 5.47. The van der Waals surface area contributed by atoms with Crippen LogP contribution in [0.5, 0.6) is 0 Å². The highest BCUT2D eigenvalue weighted by Crippen LogP contribution is 2.33. The van der Waals surface area contributed by atoms with E-state index < -0.39 is 0 Å². The van der Waals surface area contributed by atoms with E-state index in [1.54, 1.807) is 0 Å². The normalized spacial score (nSPS) is 34.4. The molecule has 2 rings (SSSR count). The first kappa shape index (κ1) is 7.56. The molecular weight excluding hydrogens is 138 g/mol. The van der Waals surface area contributed by atoms with Crippen molar-refractivity contribution < 1.29 is 4.74 Å². The van der Waals surface area contributed by atoms with Gasteiger partial charge in [-0.3, -0.25) is 0 Å². The third-order valence-corrected chi connectivity index (χ3v) is 2.98. The van der Waals surface area contributed by atoms with E-state index in [1.807, 2.05) is 0 Å². The number of ether oxygens (including phenoxy) is 1. The van der Waals surface area contributed by atoms with E-state index in [1.165, 1.54) is 25.8 Å². The molecule has 0 spiro atoms. The zero-order valence-electron chi connectivity index (χ0n) is 7.01. The van der Waals surface area contributed by atoms with Crippen molar-refractivity contribution in [1.82, 2.24) is 5.32 Å². The first-order valence-corrected chi connectivity index (χ1v) is 4.75. The lowest BCUT2D eigenvalue weighted by Crippen LogP contribution is -2.32. The second kappa shape index (κ2) is 3.55. The van der Waals surface area contributed by atoms with E-state index in [4.69, 9.17) is 4.74 Å². The van der Waals surface area contributed by atoms with Gasteiger partial charge in [0.1, 0.15) is 0 Å². The molecule has 0 aromatic heterocycles.